The molecule has 0 saturated carbocycles. The lowest BCUT2D eigenvalue weighted by atomic mass is 10.0. The summed E-state index contributed by atoms with van der Waals surface area (Å²) < 4.78 is 29.3. The second-order valence-electron chi connectivity index (χ2n) is 7.51. The van der Waals surface area contributed by atoms with Gasteiger partial charge in [0.25, 0.3) is 15.6 Å². The van der Waals surface area contributed by atoms with Gasteiger partial charge in [-0.2, -0.15) is 0 Å². The highest BCUT2D eigenvalue weighted by molar-refractivity contribution is 7.92. The first-order valence-corrected chi connectivity index (χ1v) is 12.4. The van der Waals surface area contributed by atoms with E-state index >= 15 is 0 Å². The van der Waals surface area contributed by atoms with Crippen LogP contribution in [0.1, 0.15) is 16.9 Å². The Morgan fingerprint density at radius 1 is 1.12 bits per heavy atom. The van der Waals surface area contributed by atoms with Crippen molar-refractivity contribution in [3.05, 3.63) is 85.2 Å². The largest absolute Gasteiger partial charge is 0.411 e. The summed E-state index contributed by atoms with van der Waals surface area (Å²) in [5, 5.41) is 13.6. The van der Waals surface area contributed by atoms with Crippen molar-refractivity contribution >= 4 is 44.2 Å². The highest BCUT2D eigenvalue weighted by atomic mass is 32.2. The predicted octanol–water partition coefficient (Wildman–Crippen LogP) is 2.69. The highest BCUT2D eigenvalue weighted by Crippen LogP contribution is 2.32. The molecule has 0 saturated heterocycles. The molecular formula is C22H18N4O5S2. The molecule has 168 valence electrons. The molecule has 2 aromatic carbocycles. The minimum absolute atomic E-state index is 0.0226. The van der Waals surface area contributed by atoms with Crippen LogP contribution in [0.3, 0.4) is 0 Å². The van der Waals surface area contributed by atoms with Gasteiger partial charge < -0.3 is 10.2 Å². The summed E-state index contributed by atoms with van der Waals surface area (Å²) in [5.74, 6) is 0. The molecule has 0 fully saturated rings. The van der Waals surface area contributed by atoms with E-state index in [1.165, 1.54) is 28.6 Å². The van der Waals surface area contributed by atoms with E-state index in [0.717, 1.165) is 34.1 Å². The number of nitrogens with zero attached hydrogens (tertiary/aromatic N) is 3. The molecule has 33 heavy (non-hydrogen) atoms. The molecule has 0 unspecified atom stereocenters. The molecule has 0 aliphatic carbocycles. The number of rotatable bonds is 4. The van der Waals surface area contributed by atoms with Gasteiger partial charge in [0.05, 0.1) is 38.3 Å². The van der Waals surface area contributed by atoms with Crippen molar-refractivity contribution in [3.63, 3.8) is 0 Å². The van der Waals surface area contributed by atoms with Crippen molar-refractivity contribution in [2.24, 2.45) is 5.16 Å². The lowest BCUT2D eigenvalue weighted by Gasteiger charge is -2.30. The van der Waals surface area contributed by atoms with Gasteiger partial charge in [-0.15, -0.1) is 11.3 Å². The van der Waals surface area contributed by atoms with E-state index in [9.17, 15) is 18.0 Å². The van der Waals surface area contributed by atoms with E-state index < -0.39 is 21.3 Å². The number of oxime groups is 1. The molecule has 0 radical (unpaired) electrons. The molecule has 11 heteroatoms. The second-order valence-corrected chi connectivity index (χ2v) is 10.3. The number of hydrogen-bond acceptors (Lipinski definition) is 7. The van der Waals surface area contributed by atoms with Gasteiger partial charge in [-0.25, -0.2) is 17.8 Å². The minimum Gasteiger partial charge on any atom is -0.411 e. The summed E-state index contributed by atoms with van der Waals surface area (Å²) in [6, 6.07) is 13.1. The minimum atomic E-state index is -3.93. The fourth-order valence-corrected chi connectivity index (χ4v) is 6.53. The van der Waals surface area contributed by atoms with E-state index in [2.05, 4.69) is 10.1 Å². The smallest absolute Gasteiger partial charge is 0.333 e. The van der Waals surface area contributed by atoms with Gasteiger partial charge >= 0.3 is 5.69 Å². The molecule has 3 heterocycles. The Kier molecular flexibility index (Phi) is 5.14. The molecule has 1 aliphatic heterocycles. The molecule has 5 rings (SSSR count). The van der Waals surface area contributed by atoms with Gasteiger partial charge in [0.2, 0.25) is 0 Å². The number of sulfonamides is 1. The average Bonchev–Trinajstić information content (AvgIpc) is 3.21. The van der Waals surface area contributed by atoms with E-state index in [-0.39, 0.29) is 16.0 Å². The van der Waals surface area contributed by atoms with E-state index in [1.54, 1.807) is 17.5 Å². The lowest BCUT2D eigenvalue weighted by molar-refractivity contribution is 0.322. The van der Waals surface area contributed by atoms with E-state index in [4.69, 9.17) is 5.21 Å². The number of aromatic amines is 1. The van der Waals surface area contributed by atoms with E-state index in [0.29, 0.717) is 29.0 Å². The Labute approximate surface area is 191 Å². The number of benzene rings is 2. The van der Waals surface area contributed by atoms with Gasteiger partial charge in [-0.3, -0.25) is 9.10 Å². The number of aromatic nitrogens is 2. The molecule has 0 amide bonds. The fourth-order valence-electron chi connectivity index (χ4n) is 4.10. The van der Waals surface area contributed by atoms with Crippen LogP contribution in [0.4, 0.5) is 5.69 Å². The third-order valence-electron chi connectivity index (χ3n) is 5.59. The van der Waals surface area contributed by atoms with Crippen LogP contribution in [-0.4, -0.2) is 35.9 Å². The van der Waals surface area contributed by atoms with Crippen LogP contribution in [0, 0.1) is 0 Å². The topological polar surface area (TPSA) is 125 Å². The van der Waals surface area contributed by atoms with Crippen LogP contribution < -0.4 is 15.6 Å². The molecule has 4 aromatic rings. The monoisotopic (exact) mass is 482 g/mol. The molecule has 2 aromatic heterocycles. The van der Waals surface area contributed by atoms with Crippen molar-refractivity contribution in [1.82, 2.24) is 9.55 Å². The first kappa shape index (κ1) is 21.2. The summed E-state index contributed by atoms with van der Waals surface area (Å²) in [6.07, 6.45) is 2.61. The second kappa shape index (κ2) is 8.01. The average molecular weight is 483 g/mol. The van der Waals surface area contributed by atoms with Crippen molar-refractivity contribution in [3.8, 4) is 5.69 Å². The van der Waals surface area contributed by atoms with Gasteiger partial charge in [-0.05, 0) is 42.7 Å². The molecule has 2 N–H and O–H groups in total. The standard InChI is InChI=1S/C22H18N4O5S2/c27-21-20-17(13-32-19(20)12-23-29)24-22(28)26(21)15-7-3-8-16(11-15)33(30,31)25-10-4-6-14-5-1-2-9-18(14)25/h1-3,5,7-9,11-13,29H,4,6,10H2,(H,24,28). The Morgan fingerprint density at radius 3 is 2.76 bits per heavy atom. The third kappa shape index (κ3) is 3.45. The maximum Gasteiger partial charge on any atom is 0.333 e. The number of fused-ring (bicyclic) bond motifs is 2. The molecule has 0 spiro atoms. The van der Waals surface area contributed by atoms with E-state index in [1.807, 2.05) is 12.1 Å². The zero-order chi connectivity index (χ0) is 23.2. The van der Waals surface area contributed by atoms with Crippen LogP contribution in [0.25, 0.3) is 16.6 Å². The quantitative estimate of drug-likeness (QED) is 0.263. The number of H-pyrrole nitrogens is 1. The van der Waals surface area contributed by atoms with Crippen LogP contribution in [0.2, 0.25) is 0 Å². The molecule has 0 atom stereocenters. The van der Waals surface area contributed by atoms with Crippen molar-refractivity contribution in [2.45, 2.75) is 17.7 Å². The highest BCUT2D eigenvalue weighted by Gasteiger charge is 2.29. The zero-order valence-corrected chi connectivity index (χ0v) is 18.8. The number of para-hydroxylation sites is 1. The number of nitrogens with one attached hydrogen (secondary N) is 1. The van der Waals surface area contributed by atoms with Gasteiger partial charge in [0, 0.05) is 11.9 Å². The maximum absolute atomic E-state index is 13.5. The Hall–Kier alpha value is -3.70. The maximum atomic E-state index is 13.5. The van der Waals surface area contributed by atoms with Crippen molar-refractivity contribution in [2.75, 3.05) is 10.8 Å². The Balaban J connectivity index is 1.66. The van der Waals surface area contributed by atoms with Crippen LogP contribution >= 0.6 is 11.3 Å². The Morgan fingerprint density at radius 2 is 1.94 bits per heavy atom. The zero-order valence-electron chi connectivity index (χ0n) is 17.1. The fraction of sp³-hybridized carbons (Fsp3) is 0.136. The number of aryl methyl sites for hydroxylation is 1. The summed E-state index contributed by atoms with van der Waals surface area (Å²) in [7, 11) is -3.93. The first-order valence-electron chi connectivity index (χ1n) is 10.1. The normalized spacial score (nSPS) is 14.1. The van der Waals surface area contributed by atoms with Crippen LogP contribution in [0.15, 0.2) is 73.6 Å². The predicted molar refractivity (Wildman–Crippen MR) is 127 cm³/mol. The number of anilines is 1. The van der Waals surface area contributed by atoms with Crippen LogP contribution in [0.5, 0.6) is 0 Å². The van der Waals surface area contributed by atoms with Crippen molar-refractivity contribution < 1.29 is 13.6 Å². The van der Waals surface area contributed by atoms with Crippen LogP contribution in [-0.2, 0) is 16.4 Å². The number of hydrogen-bond donors (Lipinski definition) is 2. The van der Waals surface area contributed by atoms with Gasteiger partial charge in [-0.1, -0.05) is 29.4 Å². The summed E-state index contributed by atoms with van der Waals surface area (Å²) in [5.41, 5.74) is 0.690. The van der Waals surface area contributed by atoms with Gasteiger partial charge in [0.1, 0.15) is 0 Å². The SMILES string of the molecule is O=c1[nH]c2csc(C=NO)c2c(=O)n1-c1cccc(S(=O)(=O)N2CCCc3ccccc32)c1. The molecular weight excluding hydrogens is 464 g/mol. The first-order chi connectivity index (χ1) is 15.9. The molecule has 1 aliphatic rings. The Bertz CT molecular complexity index is 1630. The summed E-state index contributed by atoms with van der Waals surface area (Å²) in [6.45, 7) is 0.342. The van der Waals surface area contributed by atoms with Crippen molar-refractivity contribution in [1.29, 1.82) is 0 Å². The summed E-state index contributed by atoms with van der Waals surface area (Å²) in [4.78, 5) is 28.9. The summed E-state index contributed by atoms with van der Waals surface area (Å²) >= 11 is 1.14. The van der Waals surface area contributed by atoms with Gasteiger partial charge in [0.15, 0.2) is 0 Å². The molecule has 9 nitrogen and oxygen atoms in total. The molecule has 0 bridgehead atoms. The number of thiophene rings is 1. The lowest BCUT2D eigenvalue weighted by Crippen LogP contribution is -2.36. The third-order valence-corrected chi connectivity index (χ3v) is 8.31.